The molecule has 2 heterocycles. The van der Waals surface area contributed by atoms with E-state index in [0.717, 1.165) is 39.3 Å². The molecular weight excluding hydrogens is 1050 g/mol. The number of hydrogen-bond donors (Lipinski definition) is 0. The smallest absolute Gasteiger partial charge is 0.252 e. The van der Waals surface area contributed by atoms with Crippen molar-refractivity contribution < 1.29 is 0 Å². The summed E-state index contributed by atoms with van der Waals surface area (Å²) in [5.41, 5.74) is 25.9. The van der Waals surface area contributed by atoms with Gasteiger partial charge in [0, 0.05) is 45.0 Å². The Bertz CT molecular complexity index is 5020. The molecule has 0 radical (unpaired) electrons. The number of hydrogen-bond acceptors (Lipinski definition) is 2. The van der Waals surface area contributed by atoms with Gasteiger partial charge in [0.2, 0.25) is 0 Å². The number of nitrogens with zero attached hydrogens (tertiary/aromatic N) is 2. The maximum Gasteiger partial charge on any atom is 0.252 e. The molecule has 0 bridgehead atoms. The van der Waals surface area contributed by atoms with Crippen molar-refractivity contribution in [1.29, 1.82) is 0 Å². The molecule has 0 atom stereocenters. The largest absolute Gasteiger partial charge is 0.310 e. The second kappa shape index (κ2) is 19.9. The van der Waals surface area contributed by atoms with Crippen LogP contribution in [0.3, 0.4) is 0 Å². The van der Waals surface area contributed by atoms with Gasteiger partial charge in [-0.25, -0.2) is 0 Å². The molecule has 2 aliphatic heterocycles. The molecule has 2 aliphatic rings. The zero-order chi connectivity index (χ0) is 57.9. The third-order valence-electron chi connectivity index (χ3n) is 18.7. The highest BCUT2D eigenvalue weighted by atomic mass is 15.2. The van der Waals surface area contributed by atoms with Crippen molar-refractivity contribution in [2.45, 2.75) is 26.2 Å². The highest BCUT2D eigenvalue weighted by molar-refractivity contribution is 7.00. The Kier molecular flexibility index (Phi) is 11.6. The van der Waals surface area contributed by atoms with Gasteiger partial charge in [-0.1, -0.05) is 300 Å². The van der Waals surface area contributed by atoms with Crippen LogP contribution in [0.15, 0.2) is 303 Å². The number of para-hydroxylation sites is 2. The Balaban J connectivity index is 1.02. The van der Waals surface area contributed by atoms with Crippen LogP contribution in [0.5, 0.6) is 0 Å². The first-order valence-electron chi connectivity index (χ1n) is 30.5. The molecule has 0 aliphatic carbocycles. The molecule has 17 rings (SSSR count). The van der Waals surface area contributed by atoms with Crippen molar-refractivity contribution in [3.05, 3.63) is 309 Å². The second-order valence-corrected chi connectivity index (χ2v) is 24.7. The minimum Gasteiger partial charge on any atom is -0.310 e. The van der Waals surface area contributed by atoms with Gasteiger partial charge >= 0.3 is 0 Å². The summed E-state index contributed by atoms with van der Waals surface area (Å²) in [6.45, 7) is 6.97. The van der Waals surface area contributed by atoms with E-state index in [-0.39, 0.29) is 12.1 Å². The van der Waals surface area contributed by atoms with Gasteiger partial charge in [0.05, 0.1) is 11.4 Å². The van der Waals surface area contributed by atoms with Gasteiger partial charge < -0.3 is 9.80 Å². The molecule has 15 aromatic carbocycles. The van der Waals surface area contributed by atoms with Gasteiger partial charge in [-0.15, -0.1) is 0 Å². The van der Waals surface area contributed by atoms with E-state index in [0.29, 0.717) is 0 Å². The summed E-state index contributed by atoms with van der Waals surface area (Å²) >= 11 is 0. The summed E-state index contributed by atoms with van der Waals surface area (Å²) in [4.78, 5) is 5.35. The molecule has 87 heavy (non-hydrogen) atoms. The van der Waals surface area contributed by atoms with Crippen molar-refractivity contribution in [2.24, 2.45) is 0 Å². The van der Waals surface area contributed by atoms with E-state index >= 15 is 0 Å². The Morgan fingerprint density at radius 2 is 0.690 bits per heavy atom. The minimum atomic E-state index is -0.257. The van der Waals surface area contributed by atoms with E-state index in [4.69, 9.17) is 0 Å². The molecule has 0 saturated carbocycles. The second-order valence-electron chi connectivity index (χ2n) is 24.7. The average Bonchev–Trinajstić information content (AvgIpc) is 0.746. The van der Waals surface area contributed by atoms with Crippen LogP contribution in [0.25, 0.3) is 110 Å². The zero-order valence-electron chi connectivity index (χ0n) is 48.8. The zero-order valence-corrected chi connectivity index (χ0v) is 48.8. The molecule has 0 spiro atoms. The van der Waals surface area contributed by atoms with Crippen LogP contribution in [0.2, 0.25) is 0 Å². The molecular formula is C84H59BN2. The molecule has 0 amide bonds. The third-order valence-corrected chi connectivity index (χ3v) is 18.7. The molecule has 0 saturated heterocycles. The standard InChI is InChI=1S/C84H59BN2/c1-84(2,3)62-52-77-81-78(53-62)87(83-66(57-30-15-7-16-31-57)38-22-39-67(83)58-32-17-8-18-33-58)76-51-61(63-46-47-72-70-41-20-35-59-34-19-40-69(79(59)70)71-43-23-42-68(63)80(71)72)44-48-73(76)85(81)74-50-60(54-24-9-4-10-25-54)45-49-75(74)86(77)82-64(55-26-11-5-12-27-55)36-21-37-65(82)56-28-13-6-14-29-56/h4-53H,1-3H3. The maximum absolute atomic E-state index is 2.70. The highest BCUT2D eigenvalue weighted by Gasteiger charge is 2.46. The lowest BCUT2D eigenvalue weighted by Gasteiger charge is -2.46. The monoisotopic (exact) mass is 1110 g/mol. The summed E-state index contributed by atoms with van der Waals surface area (Å²) in [6.07, 6.45) is 0. The van der Waals surface area contributed by atoms with Crippen molar-refractivity contribution in [3.8, 4) is 66.8 Å². The number of anilines is 6. The topological polar surface area (TPSA) is 6.48 Å². The third kappa shape index (κ3) is 8.03. The molecule has 0 N–H and O–H groups in total. The van der Waals surface area contributed by atoms with Crippen LogP contribution in [-0.2, 0) is 5.41 Å². The molecule has 0 fully saturated rings. The lowest BCUT2D eigenvalue weighted by atomic mass is 9.33. The van der Waals surface area contributed by atoms with Gasteiger partial charge in [-0.2, -0.15) is 0 Å². The predicted molar refractivity (Wildman–Crippen MR) is 373 cm³/mol. The summed E-state index contributed by atoms with van der Waals surface area (Å²) in [5, 5.41) is 10.3. The first kappa shape index (κ1) is 50.8. The van der Waals surface area contributed by atoms with Crippen LogP contribution in [0.4, 0.5) is 34.1 Å². The average molecular weight is 1110 g/mol. The van der Waals surface area contributed by atoms with Crippen LogP contribution in [0.1, 0.15) is 26.3 Å². The van der Waals surface area contributed by atoms with Gasteiger partial charge in [-0.05, 0) is 139 Å². The van der Waals surface area contributed by atoms with Gasteiger partial charge in [-0.3, -0.25) is 0 Å². The van der Waals surface area contributed by atoms with E-state index in [1.165, 1.54) is 127 Å². The van der Waals surface area contributed by atoms with Crippen LogP contribution >= 0.6 is 0 Å². The lowest BCUT2D eigenvalue weighted by Crippen LogP contribution is -2.61. The summed E-state index contributed by atoms with van der Waals surface area (Å²) in [7, 11) is 0. The minimum absolute atomic E-state index is 0.166. The van der Waals surface area contributed by atoms with Crippen molar-refractivity contribution >= 4 is 100 Å². The summed E-state index contributed by atoms with van der Waals surface area (Å²) in [5.74, 6) is 0. The Morgan fingerprint density at radius 3 is 1.20 bits per heavy atom. The normalized spacial score (nSPS) is 12.7. The highest BCUT2D eigenvalue weighted by Crippen LogP contribution is 2.54. The van der Waals surface area contributed by atoms with Gasteiger partial charge in [0.25, 0.3) is 6.71 Å². The SMILES string of the molecule is CC(C)(C)c1cc2c3c(c1)N(c1c(-c4ccccc4)cccc1-c1ccccc1)c1cc(-c4ccc5c6cccc7cccc(c8cccc4c85)c76)ccc1B3c1cc(-c3ccccc3)ccc1N2c1c(-c2ccccc2)cccc1-c1ccccc1. The van der Waals surface area contributed by atoms with E-state index in [2.05, 4.69) is 334 Å². The number of rotatable bonds is 8. The molecule has 15 aromatic rings. The molecule has 2 nitrogen and oxygen atoms in total. The van der Waals surface area contributed by atoms with Crippen molar-refractivity contribution in [2.75, 3.05) is 9.80 Å². The maximum atomic E-state index is 2.70. The van der Waals surface area contributed by atoms with E-state index < -0.39 is 0 Å². The van der Waals surface area contributed by atoms with Gasteiger partial charge in [0.1, 0.15) is 0 Å². The number of fused-ring (bicyclic) bond motifs is 6. The van der Waals surface area contributed by atoms with Crippen molar-refractivity contribution in [3.63, 3.8) is 0 Å². The Morgan fingerprint density at radius 1 is 0.264 bits per heavy atom. The fourth-order valence-corrected chi connectivity index (χ4v) is 14.8. The predicted octanol–water partition coefficient (Wildman–Crippen LogP) is 21.1. The first-order valence-corrected chi connectivity index (χ1v) is 30.5. The van der Waals surface area contributed by atoms with E-state index in [1.54, 1.807) is 0 Å². The molecule has 0 unspecified atom stereocenters. The van der Waals surface area contributed by atoms with Gasteiger partial charge in [0.15, 0.2) is 0 Å². The summed E-state index contributed by atoms with van der Waals surface area (Å²) < 4.78 is 0. The molecule has 0 aromatic heterocycles. The Labute approximate surface area is 508 Å². The first-order chi connectivity index (χ1) is 42.8. The van der Waals surface area contributed by atoms with Crippen LogP contribution < -0.4 is 26.2 Å². The quantitative estimate of drug-likeness (QED) is 0.0850. The van der Waals surface area contributed by atoms with E-state index in [9.17, 15) is 0 Å². The summed E-state index contributed by atoms with van der Waals surface area (Å²) in [6, 6.07) is 114. The lowest BCUT2D eigenvalue weighted by molar-refractivity contribution is 0.590. The van der Waals surface area contributed by atoms with Crippen LogP contribution in [-0.4, -0.2) is 6.71 Å². The Hall–Kier alpha value is -10.7. The fourth-order valence-electron chi connectivity index (χ4n) is 14.8. The van der Waals surface area contributed by atoms with E-state index in [1.807, 2.05) is 0 Å². The van der Waals surface area contributed by atoms with Crippen molar-refractivity contribution in [1.82, 2.24) is 0 Å². The molecule has 3 heteroatoms. The van der Waals surface area contributed by atoms with Crippen LogP contribution in [0, 0.1) is 0 Å². The number of benzene rings is 15. The molecule has 408 valence electrons. The fraction of sp³-hybridized carbons (Fsp3) is 0.0476.